The number of nitrogens with one attached hydrogen (secondary N) is 2. The van der Waals surface area contributed by atoms with Crippen molar-refractivity contribution in [2.45, 2.75) is 56.4 Å². The van der Waals surface area contributed by atoms with Gasteiger partial charge in [0.2, 0.25) is 5.95 Å². The molecule has 4 atom stereocenters. The number of halogens is 1. The molecule has 0 saturated carbocycles. The number of alkyl halides is 1. The second-order valence-corrected chi connectivity index (χ2v) is 9.25. The number of hydrogen-bond acceptors (Lipinski definition) is 7. The Balaban J connectivity index is 1.38. The maximum Gasteiger partial charge on any atom is 0.245 e. The summed E-state index contributed by atoms with van der Waals surface area (Å²) in [4.78, 5) is 6.23. The van der Waals surface area contributed by atoms with Crippen molar-refractivity contribution in [1.29, 1.82) is 0 Å². The maximum absolute atomic E-state index is 15.4. The molecule has 2 saturated heterocycles. The summed E-state index contributed by atoms with van der Waals surface area (Å²) in [5, 5.41) is 29.2. The van der Waals surface area contributed by atoms with Crippen molar-refractivity contribution >= 4 is 5.95 Å². The van der Waals surface area contributed by atoms with E-state index in [-0.39, 0.29) is 17.3 Å². The Morgan fingerprint density at radius 2 is 2.00 bits per heavy atom. The molecule has 0 amide bonds. The molecule has 9 heteroatoms. The quantitative estimate of drug-likeness (QED) is 0.593. The first-order chi connectivity index (χ1) is 14.8. The molecule has 162 valence electrons. The third-order valence-electron chi connectivity index (χ3n) is 6.86. The molecule has 5 rings (SSSR count). The number of phenols is 1. The van der Waals surface area contributed by atoms with E-state index < -0.39 is 11.7 Å². The number of aromatic hydroxyl groups is 1. The Kier molecular flexibility index (Phi) is 4.47. The van der Waals surface area contributed by atoms with Crippen molar-refractivity contribution in [2.75, 3.05) is 11.9 Å². The highest BCUT2D eigenvalue weighted by Crippen LogP contribution is 2.45. The molecule has 4 heterocycles. The summed E-state index contributed by atoms with van der Waals surface area (Å²) in [6.07, 6.45) is 6.44. The van der Waals surface area contributed by atoms with Crippen molar-refractivity contribution in [2.24, 2.45) is 0 Å². The van der Waals surface area contributed by atoms with Crippen LogP contribution in [0.4, 0.5) is 10.3 Å². The number of fused-ring (bicyclic) bond motifs is 2. The zero-order valence-corrected chi connectivity index (χ0v) is 17.8. The summed E-state index contributed by atoms with van der Waals surface area (Å²) in [6.45, 7) is 4.12. The van der Waals surface area contributed by atoms with Gasteiger partial charge in [-0.05, 0) is 50.8 Å². The average molecular weight is 423 g/mol. The summed E-state index contributed by atoms with van der Waals surface area (Å²) in [5.74, 6) is 0.454. The van der Waals surface area contributed by atoms with Gasteiger partial charge in [-0.15, -0.1) is 10.2 Å². The molecule has 2 aliphatic heterocycles. The number of hydrogen-bond donors (Lipinski definition) is 3. The molecule has 31 heavy (non-hydrogen) atoms. The molecule has 0 aliphatic carbocycles. The number of rotatable bonds is 4. The maximum atomic E-state index is 15.4. The molecule has 2 aliphatic rings. The highest BCUT2D eigenvalue weighted by Gasteiger charge is 2.56. The van der Waals surface area contributed by atoms with Gasteiger partial charge < -0.3 is 15.3 Å². The van der Waals surface area contributed by atoms with Crippen LogP contribution in [0.2, 0.25) is 0 Å². The summed E-state index contributed by atoms with van der Waals surface area (Å²) < 4.78 is 15.4. The smallest absolute Gasteiger partial charge is 0.245 e. The van der Waals surface area contributed by atoms with Gasteiger partial charge in [0.05, 0.1) is 18.4 Å². The SMILES string of the molecule is CN(c1ncc(-c2ccc(-c3cn[nH]c3)cc2O)nn1)[C@H]1C[C@]2(C)CC[C@@](C)(N2)[C@H]1F. The fraction of sp³-hybridized carbons (Fsp3) is 0.455. The zero-order valence-electron chi connectivity index (χ0n) is 17.8. The average Bonchev–Trinajstić information content (AvgIpc) is 3.38. The fourth-order valence-corrected chi connectivity index (χ4v) is 5.07. The second kappa shape index (κ2) is 6.98. The monoisotopic (exact) mass is 423 g/mol. The topological polar surface area (TPSA) is 103 Å². The zero-order chi connectivity index (χ0) is 21.8. The van der Waals surface area contributed by atoms with Crippen LogP contribution in [0, 0.1) is 0 Å². The number of nitrogens with zero attached hydrogens (tertiary/aromatic N) is 5. The minimum absolute atomic E-state index is 0.0772. The standard InChI is InChI=1S/C22H26FN7O/c1-21-6-7-22(2,29-21)19(23)17(9-21)30(3)20-24-12-16(27-28-20)15-5-4-13(8-18(15)31)14-10-25-26-11-14/h4-5,8,10-12,17,19,29,31H,6-7,9H2,1-3H3,(H,25,26)/t17-,19-,21-,22+/m0/s1. The minimum atomic E-state index is -1.03. The van der Waals surface area contributed by atoms with Crippen LogP contribution in [0.1, 0.15) is 33.1 Å². The molecule has 8 nitrogen and oxygen atoms in total. The summed E-state index contributed by atoms with van der Waals surface area (Å²) in [6, 6.07) is 4.98. The lowest BCUT2D eigenvalue weighted by Crippen LogP contribution is -2.65. The molecule has 3 N–H and O–H groups in total. The molecule has 0 radical (unpaired) electrons. The van der Waals surface area contributed by atoms with E-state index in [4.69, 9.17) is 0 Å². The van der Waals surface area contributed by atoms with E-state index in [1.807, 2.05) is 20.0 Å². The molecular formula is C22H26FN7O. The van der Waals surface area contributed by atoms with E-state index in [1.54, 1.807) is 35.6 Å². The predicted molar refractivity (Wildman–Crippen MR) is 115 cm³/mol. The third kappa shape index (κ3) is 3.33. The van der Waals surface area contributed by atoms with Crippen molar-refractivity contribution in [3.8, 4) is 28.1 Å². The van der Waals surface area contributed by atoms with Gasteiger partial charge in [-0.3, -0.25) is 5.10 Å². The normalized spacial score (nSPS) is 29.8. The number of aromatic amines is 1. The van der Waals surface area contributed by atoms with Gasteiger partial charge in [0.15, 0.2) is 0 Å². The van der Waals surface area contributed by atoms with Crippen molar-refractivity contribution in [1.82, 2.24) is 30.7 Å². The Labute approximate surface area is 179 Å². The lowest BCUT2D eigenvalue weighted by atomic mass is 9.82. The summed E-state index contributed by atoms with van der Waals surface area (Å²) in [5.41, 5.74) is 2.10. The van der Waals surface area contributed by atoms with Gasteiger partial charge in [-0.25, -0.2) is 9.37 Å². The molecule has 2 fully saturated rings. The first kappa shape index (κ1) is 19.9. The lowest BCUT2D eigenvalue weighted by molar-refractivity contribution is 0.0856. The van der Waals surface area contributed by atoms with Crippen molar-refractivity contribution in [3.63, 3.8) is 0 Å². The van der Waals surface area contributed by atoms with Crippen LogP contribution in [0.5, 0.6) is 5.75 Å². The largest absolute Gasteiger partial charge is 0.507 e. The minimum Gasteiger partial charge on any atom is -0.507 e. The highest BCUT2D eigenvalue weighted by molar-refractivity contribution is 5.73. The Morgan fingerprint density at radius 3 is 2.68 bits per heavy atom. The van der Waals surface area contributed by atoms with Gasteiger partial charge in [-0.2, -0.15) is 5.10 Å². The molecule has 3 aromatic rings. The molecule has 2 aromatic heterocycles. The molecule has 0 spiro atoms. The lowest BCUT2D eigenvalue weighted by Gasteiger charge is -2.47. The van der Waals surface area contributed by atoms with Crippen molar-refractivity contribution in [3.05, 3.63) is 36.8 Å². The number of H-pyrrole nitrogens is 1. The molecule has 2 bridgehead atoms. The van der Waals surface area contributed by atoms with Gasteiger partial charge in [0.1, 0.15) is 17.6 Å². The van der Waals surface area contributed by atoms with Crippen LogP contribution in [-0.4, -0.2) is 60.8 Å². The Morgan fingerprint density at radius 1 is 1.16 bits per heavy atom. The van der Waals surface area contributed by atoms with Crippen LogP contribution in [0.25, 0.3) is 22.4 Å². The van der Waals surface area contributed by atoms with Gasteiger partial charge in [-0.1, -0.05) is 6.07 Å². The first-order valence-corrected chi connectivity index (χ1v) is 10.5. The van der Waals surface area contributed by atoms with Crippen LogP contribution in [-0.2, 0) is 0 Å². The number of aromatic nitrogens is 5. The molecule has 0 unspecified atom stereocenters. The molecule has 1 aromatic carbocycles. The van der Waals surface area contributed by atoms with Gasteiger partial charge in [0, 0.05) is 35.4 Å². The third-order valence-corrected chi connectivity index (χ3v) is 6.86. The molecular weight excluding hydrogens is 397 g/mol. The summed E-state index contributed by atoms with van der Waals surface area (Å²) in [7, 11) is 1.82. The van der Waals surface area contributed by atoms with Crippen molar-refractivity contribution < 1.29 is 9.50 Å². The predicted octanol–water partition coefficient (Wildman–Crippen LogP) is 3.08. The number of anilines is 1. The Bertz CT molecular complexity index is 1090. The highest BCUT2D eigenvalue weighted by atomic mass is 19.1. The number of piperidine rings is 1. The van der Waals surface area contributed by atoms with E-state index in [9.17, 15) is 5.11 Å². The van der Waals surface area contributed by atoms with E-state index in [0.29, 0.717) is 23.6 Å². The van der Waals surface area contributed by atoms with E-state index >= 15 is 4.39 Å². The van der Waals surface area contributed by atoms with Gasteiger partial charge >= 0.3 is 0 Å². The number of benzene rings is 1. The number of phenolic OH excluding ortho intramolecular Hbond substituents is 1. The Hall–Kier alpha value is -3.07. The van der Waals surface area contributed by atoms with Crippen LogP contribution in [0.3, 0.4) is 0 Å². The van der Waals surface area contributed by atoms with Crippen LogP contribution in [0.15, 0.2) is 36.8 Å². The van der Waals surface area contributed by atoms with E-state index in [0.717, 1.165) is 24.0 Å². The van der Waals surface area contributed by atoms with E-state index in [1.165, 1.54) is 0 Å². The van der Waals surface area contributed by atoms with Gasteiger partial charge in [0.25, 0.3) is 0 Å². The summed E-state index contributed by atoms with van der Waals surface area (Å²) >= 11 is 0. The first-order valence-electron chi connectivity index (χ1n) is 10.5. The van der Waals surface area contributed by atoms with Crippen LogP contribution >= 0.6 is 0 Å². The second-order valence-electron chi connectivity index (χ2n) is 9.25. The fourth-order valence-electron chi connectivity index (χ4n) is 5.07. The van der Waals surface area contributed by atoms with Crippen LogP contribution < -0.4 is 10.2 Å². The van der Waals surface area contributed by atoms with E-state index in [2.05, 4.69) is 37.6 Å².